The van der Waals surface area contributed by atoms with Gasteiger partial charge in [0.1, 0.15) is 0 Å². The number of ether oxygens (including phenoxy) is 1. The first-order valence-corrected chi connectivity index (χ1v) is 6.15. The maximum Gasteiger partial charge on any atom is 0.0590 e. The fraction of sp³-hybridized carbons (Fsp3) is 0.538. The quantitative estimate of drug-likeness (QED) is 0.742. The number of halogens is 1. The van der Waals surface area contributed by atoms with Crippen LogP contribution in [0.2, 0.25) is 5.02 Å². The summed E-state index contributed by atoms with van der Waals surface area (Å²) in [4.78, 5) is 0. The van der Waals surface area contributed by atoms with Crippen LogP contribution in [0.1, 0.15) is 19.4 Å². The number of rotatable bonds is 7. The van der Waals surface area contributed by atoms with Crippen molar-refractivity contribution in [2.45, 2.75) is 26.3 Å². The first-order valence-electron chi connectivity index (χ1n) is 5.78. The monoisotopic (exact) mass is 241 g/mol. The van der Waals surface area contributed by atoms with Crippen LogP contribution >= 0.6 is 11.6 Å². The molecule has 1 atom stereocenters. The minimum atomic E-state index is 0.460. The lowest BCUT2D eigenvalue weighted by molar-refractivity contribution is 0.147. The standard InChI is InChI=1S/C13H20ClNO/c1-3-16-9-8-15-11(2)10-12-4-6-13(14)7-5-12/h4-7,11,15H,3,8-10H2,1-2H3. The van der Waals surface area contributed by atoms with E-state index in [-0.39, 0.29) is 0 Å². The van der Waals surface area contributed by atoms with Crippen molar-refractivity contribution < 1.29 is 4.74 Å². The molecule has 0 spiro atoms. The van der Waals surface area contributed by atoms with Gasteiger partial charge in [-0.15, -0.1) is 0 Å². The topological polar surface area (TPSA) is 21.3 Å². The van der Waals surface area contributed by atoms with Gasteiger partial charge in [0.15, 0.2) is 0 Å². The number of hydrogen-bond acceptors (Lipinski definition) is 2. The summed E-state index contributed by atoms with van der Waals surface area (Å²) in [6, 6.07) is 8.47. The lowest BCUT2D eigenvalue weighted by Crippen LogP contribution is -2.31. The van der Waals surface area contributed by atoms with Gasteiger partial charge in [-0.2, -0.15) is 0 Å². The van der Waals surface area contributed by atoms with Gasteiger partial charge in [0.2, 0.25) is 0 Å². The molecule has 0 amide bonds. The van der Waals surface area contributed by atoms with Gasteiger partial charge in [-0.1, -0.05) is 23.7 Å². The van der Waals surface area contributed by atoms with Crippen molar-refractivity contribution in [2.24, 2.45) is 0 Å². The predicted molar refractivity (Wildman–Crippen MR) is 69.1 cm³/mol. The smallest absolute Gasteiger partial charge is 0.0590 e. The Morgan fingerprint density at radius 1 is 1.31 bits per heavy atom. The molecule has 0 aliphatic carbocycles. The molecule has 1 N–H and O–H groups in total. The van der Waals surface area contributed by atoms with Crippen LogP contribution in [-0.4, -0.2) is 25.8 Å². The number of nitrogens with one attached hydrogen (secondary N) is 1. The molecule has 0 fully saturated rings. The maximum absolute atomic E-state index is 5.83. The van der Waals surface area contributed by atoms with Crippen molar-refractivity contribution in [3.63, 3.8) is 0 Å². The Labute approximate surface area is 103 Å². The molecule has 0 heterocycles. The molecule has 1 aromatic carbocycles. The lowest BCUT2D eigenvalue weighted by Gasteiger charge is -2.13. The highest BCUT2D eigenvalue weighted by atomic mass is 35.5. The van der Waals surface area contributed by atoms with E-state index < -0.39 is 0 Å². The van der Waals surface area contributed by atoms with Crippen LogP contribution in [0.4, 0.5) is 0 Å². The van der Waals surface area contributed by atoms with Crippen LogP contribution in [0.5, 0.6) is 0 Å². The van der Waals surface area contributed by atoms with Crippen molar-refractivity contribution >= 4 is 11.6 Å². The normalized spacial score (nSPS) is 12.7. The summed E-state index contributed by atoms with van der Waals surface area (Å²) in [5.41, 5.74) is 1.31. The molecule has 0 aliphatic heterocycles. The molecule has 1 unspecified atom stereocenters. The molecular formula is C13H20ClNO. The summed E-state index contributed by atoms with van der Waals surface area (Å²) in [6.07, 6.45) is 1.02. The average molecular weight is 242 g/mol. The summed E-state index contributed by atoms with van der Waals surface area (Å²) in [5.74, 6) is 0. The molecule has 0 aromatic heterocycles. The zero-order valence-corrected chi connectivity index (χ0v) is 10.8. The SMILES string of the molecule is CCOCCNC(C)Cc1ccc(Cl)cc1. The summed E-state index contributed by atoms with van der Waals surface area (Å²) < 4.78 is 5.27. The van der Waals surface area contributed by atoms with Crippen LogP contribution in [0.25, 0.3) is 0 Å². The highest BCUT2D eigenvalue weighted by molar-refractivity contribution is 6.30. The number of hydrogen-bond donors (Lipinski definition) is 1. The largest absolute Gasteiger partial charge is 0.380 e. The molecule has 1 aromatic rings. The Balaban J connectivity index is 2.23. The Hall–Kier alpha value is -0.570. The Morgan fingerprint density at radius 3 is 2.62 bits per heavy atom. The van der Waals surface area contributed by atoms with Crippen LogP contribution in [0, 0.1) is 0 Å². The second-order valence-electron chi connectivity index (χ2n) is 3.88. The highest BCUT2D eigenvalue weighted by Crippen LogP contribution is 2.10. The molecule has 16 heavy (non-hydrogen) atoms. The highest BCUT2D eigenvalue weighted by Gasteiger charge is 2.02. The fourth-order valence-corrected chi connectivity index (χ4v) is 1.69. The van der Waals surface area contributed by atoms with E-state index in [1.165, 1.54) is 5.56 Å². The van der Waals surface area contributed by atoms with Gasteiger partial charge in [-0.25, -0.2) is 0 Å². The molecule has 0 saturated heterocycles. The summed E-state index contributed by atoms with van der Waals surface area (Å²) in [7, 11) is 0. The average Bonchev–Trinajstić information content (AvgIpc) is 2.28. The third kappa shape index (κ3) is 5.50. The summed E-state index contributed by atoms with van der Waals surface area (Å²) in [5, 5.41) is 4.21. The van der Waals surface area contributed by atoms with E-state index in [0.717, 1.165) is 31.2 Å². The molecule has 90 valence electrons. The minimum absolute atomic E-state index is 0.460. The van der Waals surface area contributed by atoms with Crippen LogP contribution in [-0.2, 0) is 11.2 Å². The zero-order valence-electron chi connectivity index (χ0n) is 10.0. The Kier molecular flexibility index (Phi) is 6.46. The van der Waals surface area contributed by atoms with Gasteiger partial charge in [-0.05, 0) is 38.0 Å². The number of benzene rings is 1. The third-order valence-electron chi connectivity index (χ3n) is 2.40. The molecule has 1 rings (SSSR count). The first kappa shape index (κ1) is 13.5. The van der Waals surface area contributed by atoms with Gasteiger partial charge in [0, 0.05) is 24.2 Å². The third-order valence-corrected chi connectivity index (χ3v) is 2.65. The molecule has 3 heteroatoms. The molecule has 0 bridgehead atoms. The Bertz CT molecular complexity index is 286. The van der Waals surface area contributed by atoms with E-state index in [4.69, 9.17) is 16.3 Å². The van der Waals surface area contributed by atoms with Crippen molar-refractivity contribution in [3.05, 3.63) is 34.9 Å². The van der Waals surface area contributed by atoms with Gasteiger partial charge >= 0.3 is 0 Å². The van der Waals surface area contributed by atoms with Gasteiger partial charge < -0.3 is 10.1 Å². The van der Waals surface area contributed by atoms with Crippen LogP contribution in [0.3, 0.4) is 0 Å². The van der Waals surface area contributed by atoms with Crippen LogP contribution < -0.4 is 5.32 Å². The van der Waals surface area contributed by atoms with E-state index in [9.17, 15) is 0 Å². The van der Waals surface area contributed by atoms with Crippen molar-refractivity contribution in [1.29, 1.82) is 0 Å². The summed E-state index contributed by atoms with van der Waals surface area (Å²) in [6.45, 7) is 6.66. The first-order chi connectivity index (χ1) is 7.72. The molecule has 0 saturated carbocycles. The van der Waals surface area contributed by atoms with Crippen molar-refractivity contribution in [2.75, 3.05) is 19.8 Å². The predicted octanol–water partition coefficient (Wildman–Crippen LogP) is 2.90. The van der Waals surface area contributed by atoms with Crippen molar-refractivity contribution in [1.82, 2.24) is 5.32 Å². The van der Waals surface area contributed by atoms with E-state index in [2.05, 4.69) is 24.4 Å². The van der Waals surface area contributed by atoms with E-state index in [1.54, 1.807) is 0 Å². The molecule has 0 aliphatic rings. The maximum atomic E-state index is 5.83. The van der Waals surface area contributed by atoms with E-state index in [0.29, 0.717) is 6.04 Å². The Morgan fingerprint density at radius 2 is 2.00 bits per heavy atom. The van der Waals surface area contributed by atoms with E-state index in [1.807, 2.05) is 19.1 Å². The molecular weight excluding hydrogens is 222 g/mol. The minimum Gasteiger partial charge on any atom is -0.380 e. The molecule has 2 nitrogen and oxygen atoms in total. The summed E-state index contributed by atoms with van der Waals surface area (Å²) >= 11 is 5.83. The second kappa shape index (κ2) is 7.66. The van der Waals surface area contributed by atoms with Gasteiger partial charge in [0.25, 0.3) is 0 Å². The zero-order chi connectivity index (χ0) is 11.8. The second-order valence-corrected chi connectivity index (χ2v) is 4.32. The van der Waals surface area contributed by atoms with Gasteiger partial charge in [0.05, 0.1) is 6.61 Å². The van der Waals surface area contributed by atoms with E-state index >= 15 is 0 Å². The van der Waals surface area contributed by atoms with Gasteiger partial charge in [-0.3, -0.25) is 0 Å². The lowest BCUT2D eigenvalue weighted by atomic mass is 10.1. The fourth-order valence-electron chi connectivity index (χ4n) is 1.57. The molecule has 0 radical (unpaired) electrons. The van der Waals surface area contributed by atoms with Crippen LogP contribution in [0.15, 0.2) is 24.3 Å². The van der Waals surface area contributed by atoms with Crippen molar-refractivity contribution in [3.8, 4) is 0 Å².